The number of carbonyl (C=O) groups excluding carboxylic acids is 1. The fourth-order valence-electron chi connectivity index (χ4n) is 2.25. The van der Waals surface area contributed by atoms with Crippen LogP contribution in [0.25, 0.3) is 10.9 Å². The van der Waals surface area contributed by atoms with E-state index in [1.807, 2.05) is 35.9 Å². The van der Waals surface area contributed by atoms with Crippen molar-refractivity contribution in [2.45, 2.75) is 20.3 Å². The van der Waals surface area contributed by atoms with Gasteiger partial charge in [0.15, 0.2) is 0 Å². The van der Waals surface area contributed by atoms with Gasteiger partial charge in [-0.25, -0.2) is 0 Å². The molecule has 0 saturated carbocycles. The Balaban J connectivity index is 2.22. The first kappa shape index (κ1) is 15.1. The highest BCUT2D eigenvalue weighted by atomic mass is 16.4. The monoisotopic (exact) mass is 288 g/mol. The molecule has 0 radical (unpaired) electrons. The first-order valence-electron chi connectivity index (χ1n) is 6.94. The van der Waals surface area contributed by atoms with E-state index in [9.17, 15) is 14.7 Å². The van der Waals surface area contributed by atoms with Crippen molar-refractivity contribution < 1.29 is 14.7 Å². The van der Waals surface area contributed by atoms with Gasteiger partial charge in [-0.2, -0.15) is 0 Å². The van der Waals surface area contributed by atoms with Gasteiger partial charge in [-0.1, -0.05) is 25.1 Å². The lowest BCUT2D eigenvalue weighted by molar-refractivity contribution is -0.147. The van der Waals surface area contributed by atoms with Gasteiger partial charge < -0.3 is 15.0 Å². The molecule has 1 amide bonds. The van der Waals surface area contributed by atoms with Crippen LogP contribution in [-0.2, 0) is 11.8 Å². The second-order valence-corrected chi connectivity index (χ2v) is 5.57. The second kappa shape index (κ2) is 5.60. The zero-order valence-corrected chi connectivity index (χ0v) is 12.5. The molecule has 5 nitrogen and oxygen atoms in total. The number of aliphatic carboxylic acids is 1. The molecule has 21 heavy (non-hydrogen) atoms. The van der Waals surface area contributed by atoms with E-state index in [4.69, 9.17) is 0 Å². The number of carbonyl (C=O) groups is 2. The summed E-state index contributed by atoms with van der Waals surface area (Å²) in [5.41, 5.74) is 0.594. The van der Waals surface area contributed by atoms with E-state index in [0.717, 1.165) is 10.9 Å². The highest BCUT2D eigenvalue weighted by molar-refractivity contribution is 6.07. The summed E-state index contributed by atoms with van der Waals surface area (Å²) < 4.78 is 1.89. The van der Waals surface area contributed by atoms with Crippen molar-refractivity contribution in [1.82, 2.24) is 9.88 Å². The third-order valence-corrected chi connectivity index (χ3v) is 4.08. The Hall–Kier alpha value is -2.30. The molecule has 0 bridgehead atoms. The van der Waals surface area contributed by atoms with E-state index in [2.05, 4.69) is 5.32 Å². The third-order valence-electron chi connectivity index (χ3n) is 4.08. The Bertz CT molecular complexity index is 690. The maximum absolute atomic E-state index is 12.3. The van der Waals surface area contributed by atoms with Crippen molar-refractivity contribution in [1.29, 1.82) is 0 Å². The first-order valence-corrected chi connectivity index (χ1v) is 6.94. The molecule has 0 aliphatic heterocycles. The SMILES string of the molecule is CCC(C)(CNC(=O)c1cn(C)c2ccccc12)C(=O)O. The number of carboxylic acids is 1. The van der Waals surface area contributed by atoms with Crippen LogP contribution in [0.15, 0.2) is 30.5 Å². The van der Waals surface area contributed by atoms with Gasteiger partial charge in [0.2, 0.25) is 0 Å². The summed E-state index contributed by atoms with van der Waals surface area (Å²) in [6, 6.07) is 7.63. The molecular formula is C16H20N2O3. The lowest BCUT2D eigenvalue weighted by atomic mass is 9.87. The van der Waals surface area contributed by atoms with Gasteiger partial charge in [0, 0.05) is 30.7 Å². The Morgan fingerprint density at radius 2 is 2.00 bits per heavy atom. The normalized spacial score (nSPS) is 13.9. The van der Waals surface area contributed by atoms with Gasteiger partial charge in [-0.05, 0) is 19.4 Å². The van der Waals surface area contributed by atoms with Gasteiger partial charge >= 0.3 is 5.97 Å². The maximum Gasteiger partial charge on any atom is 0.311 e. The number of hydrogen-bond donors (Lipinski definition) is 2. The summed E-state index contributed by atoms with van der Waals surface area (Å²) in [7, 11) is 1.88. The minimum Gasteiger partial charge on any atom is -0.481 e. The quantitative estimate of drug-likeness (QED) is 0.887. The molecule has 0 aliphatic rings. The van der Waals surface area contributed by atoms with E-state index in [1.165, 1.54) is 0 Å². The molecule has 1 unspecified atom stereocenters. The Morgan fingerprint density at radius 3 is 2.62 bits per heavy atom. The van der Waals surface area contributed by atoms with Gasteiger partial charge in [0.25, 0.3) is 5.91 Å². The van der Waals surface area contributed by atoms with Crippen molar-refractivity contribution in [2.24, 2.45) is 12.5 Å². The van der Waals surface area contributed by atoms with Gasteiger partial charge in [-0.15, -0.1) is 0 Å². The number of hydrogen-bond acceptors (Lipinski definition) is 2. The molecule has 1 aromatic heterocycles. The number of nitrogens with zero attached hydrogens (tertiary/aromatic N) is 1. The molecule has 1 heterocycles. The van der Waals surface area contributed by atoms with Crippen LogP contribution < -0.4 is 5.32 Å². The molecule has 1 atom stereocenters. The summed E-state index contributed by atoms with van der Waals surface area (Å²) in [5.74, 6) is -1.14. The standard InChI is InChI=1S/C16H20N2O3/c1-4-16(2,15(20)21)10-17-14(19)12-9-18(3)13-8-6-5-7-11(12)13/h5-9H,4,10H2,1-3H3,(H,17,19)(H,20,21). The van der Waals surface area contributed by atoms with Crippen LogP contribution in [0.5, 0.6) is 0 Å². The van der Waals surface area contributed by atoms with Crippen LogP contribution in [0.2, 0.25) is 0 Å². The predicted octanol–water partition coefficient (Wildman–Crippen LogP) is 2.41. The van der Waals surface area contributed by atoms with E-state index >= 15 is 0 Å². The summed E-state index contributed by atoms with van der Waals surface area (Å²) in [6.07, 6.45) is 2.22. The summed E-state index contributed by atoms with van der Waals surface area (Å²) >= 11 is 0. The topological polar surface area (TPSA) is 71.3 Å². The van der Waals surface area contributed by atoms with Crippen molar-refractivity contribution in [3.8, 4) is 0 Å². The molecule has 0 spiro atoms. The largest absolute Gasteiger partial charge is 0.481 e. The van der Waals surface area contributed by atoms with Crippen LogP contribution in [0, 0.1) is 5.41 Å². The number of aryl methyl sites for hydroxylation is 1. The van der Waals surface area contributed by atoms with Gasteiger partial charge in [0.05, 0.1) is 11.0 Å². The van der Waals surface area contributed by atoms with E-state index < -0.39 is 11.4 Å². The summed E-state index contributed by atoms with van der Waals surface area (Å²) in [6.45, 7) is 3.55. The minimum absolute atomic E-state index is 0.112. The second-order valence-electron chi connectivity index (χ2n) is 5.57. The van der Waals surface area contributed by atoms with Gasteiger partial charge in [0.1, 0.15) is 0 Å². The molecule has 2 N–H and O–H groups in total. The predicted molar refractivity (Wildman–Crippen MR) is 81.3 cm³/mol. The fraction of sp³-hybridized carbons (Fsp3) is 0.375. The van der Waals surface area contributed by atoms with Crippen LogP contribution in [-0.4, -0.2) is 28.1 Å². The summed E-state index contributed by atoms with van der Waals surface area (Å²) in [4.78, 5) is 23.6. The molecule has 0 saturated heterocycles. The highest BCUT2D eigenvalue weighted by Gasteiger charge is 2.31. The van der Waals surface area contributed by atoms with Crippen LogP contribution >= 0.6 is 0 Å². The van der Waals surface area contributed by atoms with Crippen molar-refractivity contribution >= 4 is 22.8 Å². The molecule has 1 aromatic carbocycles. The number of fused-ring (bicyclic) bond motifs is 1. The molecule has 2 aromatic rings. The molecule has 2 rings (SSSR count). The molecule has 0 aliphatic carbocycles. The number of carboxylic acid groups (broad SMARTS) is 1. The number of amides is 1. The average Bonchev–Trinajstić information content (AvgIpc) is 2.82. The van der Waals surface area contributed by atoms with Crippen molar-refractivity contribution in [2.75, 3.05) is 6.54 Å². The van der Waals surface area contributed by atoms with E-state index in [-0.39, 0.29) is 12.5 Å². The summed E-state index contributed by atoms with van der Waals surface area (Å²) in [5, 5.41) is 12.8. The Morgan fingerprint density at radius 1 is 1.33 bits per heavy atom. The first-order chi connectivity index (χ1) is 9.89. The zero-order valence-electron chi connectivity index (χ0n) is 12.5. The Kier molecular flexibility index (Phi) is 4.02. The van der Waals surface area contributed by atoms with Gasteiger partial charge in [-0.3, -0.25) is 9.59 Å². The number of rotatable bonds is 5. The third kappa shape index (κ3) is 2.77. The maximum atomic E-state index is 12.3. The lowest BCUT2D eigenvalue weighted by Crippen LogP contribution is -2.40. The molecule has 112 valence electrons. The van der Waals surface area contributed by atoms with Crippen LogP contribution in [0.1, 0.15) is 30.6 Å². The van der Waals surface area contributed by atoms with Crippen LogP contribution in [0.3, 0.4) is 0 Å². The number of benzene rings is 1. The minimum atomic E-state index is -0.944. The van der Waals surface area contributed by atoms with Crippen molar-refractivity contribution in [3.63, 3.8) is 0 Å². The van der Waals surface area contributed by atoms with E-state index in [1.54, 1.807) is 20.0 Å². The lowest BCUT2D eigenvalue weighted by Gasteiger charge is -2.23. The van der Waals surface area contributed by atoms with Crippen molar-refractivity contribution in [3.05, 3.63) is 36.0 Å². The molecule has 0 fully saturated rings. The average molecular weight is 288 g/mol. The van der Waals surface area contributed by atoms with E-state index in [0.29, 0.717) is 12.0 Å². The Labute approximate surface area is 123 Å². The number of para-hydroxylation sites is 1. The smallest absolute Gasteiger partial charge is 0.311 e. The molecule has 5 heteroatoms. The fourth-order valence-corrected chi connectivity index (χ4v) is 2.25. The number of nitrogens with one attached hydrogen (secondary N) is 1. The zero-order chi connectivity index (χ0) is 15.6. The highest BCUT2D eigenvalue weighted by Crippen LogP contribution is 2.22. The number of aromatic nitrogens is 1. The molecular weight excluding hydrogens is 268 g/mol. The van der Waals surface area contributed by atoms with Crippen LogP contribution in [0.4, 0.5) is 0 Å².